The fourth-order valence-corrected chi connectivity index (χ4v) is 3.87. The SMILES string of the molecule is O=C(CN1C(=O)N[C@]2(CCCc3ccccc32)C1=O)OCc1ccccc1. The van der Waals surface area contributed by atoms with Crippen molar-refractivity contribution in [2.75, 3.05) is 6.54 Å². The lowest BCUT2D eigenvalue weighted by Crippen LogP contribution is -2.46. The minimum Gasteiger partial charge on any atom is -0.459 e. The molecule has 138 valence electrons. The highest BCUT2D eigenvalue weighted by atomic mass is 16.5. The monoisotopic (exact) mass is 364 g/mol. The Bertz CT molecular complexity index is 896. The number of aryl methyl sites for hydroxylation is 1. The zero-order valence-electron chi connectivity index (χ0n) is 14.8. The number of nitrogens with zero attached hydrogens (tertiary/aromatic N) is 1. The van der Waals surface area contributed by atoms with Crippen LogP contribution in [-0.2, 0) is 32.9 Å². The number of hydrogen-bond donors (Lipinski definition) is 1. The van der Waals surface area contributed by atoms with Gasteiger partial charge in [-0.1, -0.05) is 54.6 Å². The van der Waals surface area contributed by atoms with E-state index in [2.05, 4.69) is 5.32 Å². The molecule has 2 aliphatic rings. The number of ether oxygens (including phenoxy) is 1. The summed E-state index contributed by atoms with van der Waals surface area (Å²) >= 11 is 0. The second-order valence-corrected chi connectivity index (χ2v) is 6.88. The van der Waals surface area contributed by atoms with Gasteiger partial charge < -0.3 is 10.1 Å². The minimum atomic E-state index is -1.06. The molecule has 1 aliphatic carbocycles. The third-order valence-corrected chi connectivity index (χ3v) is 5.18. The molecule has 3 amide bonds. The van der Waals surface area contributed by atoms with E-state index in [1.165, 1.54) is 0 Å². The molecule has 1 aliphatic heterocycles. The largest absolute Gasteiger partial charge is 0.459 e. The Kier molecular flexibility index (Phi) is 4.39. The van der Waals surface area contributed by atoms with Crippen molar-refractivity contribution in [2.24, 2.45) is 0 Å². The first kappa shape index (κ1) is 17.3. The van der Waals surface area contributed by atoms with E-state index in [0.29, 0.717) is 6.42 Å². The summed E-state index contributed by atoms with van der Waals surface area (Å²) in [5.74, 6) is -0.986. The van der Waals surface area contributed by atoms with Crippen molar-refractivity contribution in [3.8, 4) is 0 Å². The van der Waals surface area contributed by atoms with E-state index < -0.39 is 17.5 Å². The number of urea groups is 1. The molecule has 0 aromatic heterocycles. The molecule has 2 aromatic rings. The second-order valence-electron chi connectivity index (χ2n) is 6.88. The molecule has 2 aromatic carbocycles. The van der Waals surface area contributed by atoms with Crippen LogP contribution in [0.5, 0.6) is 0 Å². The summed E-state index contributed by atoms with van der Waals surface area (Å²) in [5, 5.41) is 2.83. The van der Waals surface area contributed by atoms with E-state index in [1.54, 1.807) is 0 Å². The van der Waals surface area contributed by atoms with Gasteiger partial charge in [-0.2, -0.15) is 0 Å². The van der Waals surface area contributed by atoms with Crippen LogP contribution in [-0.4, -0.2) is 29.4 Å². The molecule has 0 saturated carbocycles. The van der Waals surface area contributed by atoms with Crippen molar-refractivity contribution in [1.82, 2.24) is 10.2 Å². The lowest BCUT2D eigenvalue weighted by molar-refractivity contribution is -0.149. The van der Waals surface area contributed by atoms with E-state index in [0.717, 1.165) is 34.4 Å². The van der Waals surface area contributed by atoms with Gasteiger partial charge >= 0.3 is 12.0 Å². The molecule has 0 radical (unpaired) electrons. The van der Waals surface area contributed by atoms with Gasteiger partial charge in [-0.15, -0.1) is 0 Å². The molecule has 1 atom stereocenters. The normalized spacial score (nSPS) is 21.1. The first-order valence-electron chi connectivity index (χ1n) is 9.02. The van der Waals surface area contributed by atoms with Crippen LogP contribution in [0.15, 0.2) is 54.6 Å². The van der Waals surface area contributed by atoms with Gasteiger partial charge in [-0.3, -0.25) is 14.5 Å². The maximum absolute atomic E-state index is 13.1. The van der Waals surface area contributed by atoms with Crippen molar-refractivity contribution in [2.45, 2.75) is 31.4 Å². The van der Waals surface area contributed by atoms with E-state index in [1.807, 2.05) is 54.6 Å². The zero-order chi connectivity index (χ0) is 18.9. The molecule has 1 heterocycles. The third-order valence-electron chi connectivity index (χ3n) is 5.18. The molecule has 1 fully saturated rings. The quantitative estimate of drug-likeness (QED) is 0.668. The van der Waals surface area contributed by atoms with Crippen LogP contribution in [0.1, 0.15) is 29.5 Å². The highest BCUT2D eigenvalue weighted by Crippen LogP contribution is 2.39. The first-order valence-corrected chi connectivity index (χ1v) is 9.02. The Balaban J connectivity index is 1.48. The van der Waals surface area contributed by atoms with Crippen molar-refractivity contribution in [3.05, 3.63) is 71.3 Å². The number of carbonyl (C=O) groups is 3. The maximum atomic E-state index is 13.1. The Morgan fingerprint density at radius 3 is 2.63 bits per heavy atom. The second kappa shape index (κ2) is 6.87. The van der Waals surface area contributed by atoms with E-state index in [-0.39, 0.29) is 19.1 Å². The number of benzene rings is 2. The summed E-state index contributed by atoms with van der Waals surface area (Å²) in [6, 6.07) is 16.4. The van der Waals surface area contributed by atoms with Crippen molar-refractivity contribution in [3.63, 3.8) is 0 Å². The Hall–Kier alpha value is -3.15. The number of nitrogens with one attached hydrogen (secondary N) is 1. The van der Waals surface area contributed by atoms with Gasteiger partial charge in [-0.05, 0) is 36.0 Å². The summed E-state index contributed by atoms with van der Waals surface area (Å²) in [6.45, 7) is -0.279. The Labute approximate surface area is 157 Å². The maximum Gasteiger partial charge on any atom is 0.326 e. The average molecular weight is 364 g/mol. The van der Waals surface area contributed by atoms with Crippen molar-refractivity contribution >= 4 is 17.9 Å². The van der Waals surface area contributed by atoms with Gasteiger partial charge in [0.1, 0.15) is 18.7 Å². The number of imide groups is 1. The summed E-state index contributed by atoms with van der Waals surface area (Å²) in [6.07, 6.45) is 2.21. The van der Waals surface area contributed by atoms with Crippen LogP contribution < -0.4 is 5.32 Å². The minimum absolute atomic E-state index is 0.108. The van der Waals surface area contributed by atoms with Gasteiger partial charge in [0.05, 0.1) is 0 Å². The van der Waals surface area contributed by atoms with Gasteiger partial charge in [0.2, 0.25) is 0 Å². The molecule has 4 rings (SSSR count). The number of amides is 3. The molecular formula is C21H20N2O4. The summed E-state index contributed by atoms with van der Waals surface area (Å²) in [7, 11) is 0. The standard InChI is InChI=1S/C21H20N2O4/c24-18(27-14-15-7-2-1-3-8-15)13-23-19(25)21(22-20(23)26)12-6-10-16-9-4-5-11-17(16)21/h1-5,7-9,11H,6,10,12-14H2,(H,22,26)/t21-/m0/s1. The Morgan fingerprint density at radius 1 is 1.07 bits per heavy atom. The lowest BCUT2D eigenvalue weighted by Gasteiger charge is -2.33. The van der Waals surface area contributed by atoms with Gasteiger partial charge in [0, 0.05) is 0 Å². The smallest absolute Gasteiger partial charge is 0.326 e. The van der Waals surface area contributed by atoms with Crippen LogP contribution in [0.2, 0.25) is 0 Å². The number of esters is 1. The average Bonchev–Trinajstić information content (AvgIpc) is 2.92. The third kappa shape index (κ3) is 3.07. The molecule has 27 heavy (non-hydrogen) atoms. The van der Waals surface area contributed by atoms with Crippen LogP contribution >= 0.6 is 0 Å². The van der Waals surface area contributed by atoms with Crippen LogP contribution in [0.25, 0.3) is 0 Å². The molecule has 1 saturated heterocycles. The van der Waals surface area contributed by atoms with Gasteiger partial charge in [0.25, 0.3) is 5.91 Å². The number of rotatable bonds is 4. The lowest BCUT2D eigenvalue weighted by atomic mass is 9.76. The molecule has 6 heteroatoms. The van der Waals surface area contributed by atoms with Gasteiger partial charge in [-0.25, -0.2) is 4.79 Å². The van der Waals surface area contributed by atoms with Crippen LogP contribution in [0.4, 0.5) is 4.79 Å². The highest BCUT2D eigenvalue weighted by molar-refractivity contribution is 6.09. The van der Waals surface area contributed by atoms with Crippen molar-refractivity contribution in [1.29, 1.82) is 0 Å². The van der Waals surface area contributed by atoms with E-state index in [9.17, 15) is 14.4 Å². The highest BCUT2D eigenvalue weighted by Gasteiger charge is 2.54. The molecule has 6 nitrogen and oxygen atoms in total. The molecular weight excluding hydrogens is 344 g/mol. The van der Waals surface area contributed by atoms with Crippen molar-refractivity contribution < 1.29 is 19.1 Å². The summed E-state index contributed by atoms with van der Waals surface area (Å²) < 4.78 is 5.22. The first-order chi connectivity index (χ1) is 13.1. The predicted molar refractivity (Wildman–Crippen MR) is 97.5 cm³/mol. The van der Waals surface area contributed by atoms with Crippen LogP contribution in [0, 0.1) is 0 Å². The summed E-state index contributed by atoms with van der Waals surface area (Å²) in [4.78, 5) is 38.7. The van der Waals surface area contributed by atoms with E-state index in [4.69, 9.17) is 4.74 Å². The number of hydrogen-bond acceptors (Lipinski definition) is 4. The Morgan fingerprint density at radius 2 is 1.81 bits per heavy atom. The molecule has 1 N–H and O–H groups in total. The summed E-state index contributed by atoms with van der Waals surface area (Å²) in [5.41, 5.74) is 1.67. The molecule has 1 spiro atoms. The predicted octanol–water partition coefficient (Wildman–Crippen LogP) is 2.51. The van der Waals surface area contributed by atoms with E-state index >= 15 is 0 Å². The molecule has 0 unspecified atom stereocenters. The number of carbonyl (C=O) groups excluding carboxylic acids is 3. The van der Waals surface area contributed by atoms with Gasteiger partial charge in [0.15, 0.2) is 0 Å². The zero-order valence-corrected chi connectivity index (χ0v) is 14.8. The van der Waals surface area contributed by atoms with Crippen LogP contribution in [0.3, 0.4) is 0 Å². The topological polar surface area (TPSA) is 75.7 Å². The fourth-order valence-electron chi connectivity index (χ4n) is 3.87. The molecule has 0 bridgehead atoms. The fraction of sp³-hybridized carbons (Fsp3) is 0.286. The number of fused-ring (bicyclic) bond motifs is 2.